The number of nitrogens with two attached hydrogens (primary N) is 1. The number of hydrogen-bond donors (Lipinski definition) is 1. The highest BCUT2D eigenvalue weighted by Gasteiger charge is 2.15. The predicted molar refractivity (Wildman–Crippen MR) is 52.4 cm³/mol. The highest BCUT2D eigenvalue weighted by Crippen LogP contribution is 2.24. The van der Waals surface area contributed by atoms with E-state index in [1.54, 1.807) is 0 Å². The second kappa shape index (κ2) is 4.36. The molecule has 0 fully saturated rings. The Kier molecular flexibility index (Phi) is 2.91. The van der Waals surface area contributed by atoms with Gasteiger partial charge in [0, 0.05) is 18.1 Å². The molecule has 1 aromatic carbocycles. The second-order valence-corrected chi connectivity index (χ2v) is 3.22. The van der Waals surface area contributed by atoms with Crippen molar-refractivity contribution in [2.24, 2.45) is 5.73 Å². The molecule has 1 heterocycles. The molecule has 0 amide bonds. The fourth-order valence-corrected chi connectivity index (χ4v) is 1.39. The van der Waals surface area contributed by atoms with E-state index >= 15 is 0 Å². The summed E-state index contributed by atoms with van der Waals surface area (Å²) >= 11 is 0. The lowest BCUT2D eigenvalue weighted by molar-refractivity contribution is 0.304. The summed E-state index contributed by atoms with van der Waals surface area (Å²) in [4.78, 5) is 0. The van der Waals surface area contributed by atoms with Gasteiger partial charge in [-0.1, -0.05) is 5.16 Å². The first kappa shape index (κ1) is 10.7. The van der Waals surface area contributed by atoms with E-state index < -0.39 is 11.6 Å². The van der Waals surface area contributed by atoms with Crippen LogP contribution in [0.25, 0.3) is 11.3 Å². The average molecular weight is 225 g/mol. The summed E-state index contributed by atoms with van der Waals surface area (Å²) in [7, 11) is 0. The first-order valence-electron chi connectivity index (χ1n) is 4.69. The predicted octanol–water partition coefficient (Wildman–Crippen LogP) is 1.52. The van der Waals surface area contributed by atoms with Gasteiger partial charge in [-0.05, 0) is 23.8 Å². The summed E-state index contributed by atoms with van der Waals surface area (Å²) in [5.74, 6) is -1.34. The maximum absolute atomic E-state index is 13.5. The first-order valence-corrected chi connectivity index (χ1v) is 4.69. The zero-order chi connectivity index (χ0) is 11.5. The van der Waals surface area contributed by atoms with Crippen molar-refractivity contribution in [1.82, 2.24) is 10.3 Å². The Morgan fingerprint density at radius 3 is 2.75 bits per heavy atom. The minimum Gasteiger partial charge on any atom is -0.330 e. The van der Waals surface area contributed by atoms with Crippen LogP contribution in [-0.2, 0) is 6.42 Å². The van der Waals surface area contributed by atoms with Crippen molar-refractivity contribution in [2.45, 2.75) is 6.42 Å². The number of rotatable bonds is 3. The molecule has 84 valence electrons. The van der Waals surface area contributed by atoms with E-state index in [0.29, 0.717) is 18.7 Å². The van der Waals surface area contributed by atoms with Crippen LogP contribution in [0, 0.1) is 11.6 Å². The van der Waals surface area contributed by atoms with E-state index in [2.05, 4.69) is 14.9 Å². The van der Waals surface area contributed by atoms with Gasteiger partial charge in [0.05, 0.1) is 0 Å². The molecule has 0 radical (unpaired) electrons. The molecule has 4 nitrogen and oxygen atoms in total. The number of hydrogen-bond acceptors (Lipinski definition) is 4. The second-order valence-electron chi connectivity index (χ2n) is 3.22. The summed E-state index contributed by atoms with van der Waals surface area (Å²) in [5.41, 5.74) is 6.26. The molecule has 2 aromatic rings. The molecule has 6 heteroatoms. The molecule has 0 atom stereocenters. The van der Waals surface area contributed by atoms with Crippen LogP contribution < -0.4 is 5.73 Å². The van der Waals surface area contributed by atoms with Crippen LogP contribution in [0.4, 0.5) is 8.78 Å². The molecule has 0 unspecified atom stereocenters. The number of benzene rings is 1. The van der Waals surface area contributed by atoms with Crippen molar-refractivity contribution in [3.8, 4) is 11.3 Å². The smallest absolute Gasteiger partial charge is 0.141 e. The molecule has 2 N–H and O–H groups in total. The molecule has 0 spiro atoms. The Hall–Kier alpha value is -1.82. The molecular weight excluding hydrogens is 216 g/mol. The van der Waals surface area contributed by atoms with Gasteiger partial charge in [-0.25, -0.2) is 13.4 Å². The van der Waals surface area contributed by atoms with Crippen LogP contribution in [-0.4, -0.2) is 16.9 Å². The Balaban J connectivity index is 2.46. The van der Waals surface area contributed by atoms with Gasteiger partial charge in [-0.3, -0.25) is 0 Å². The maximum atomic E-state index is 13.5. The van der Waals surface area contributed by atoms with Gasteiger partial charge in [0.15, 0.2) is 0 Å². The Bertz CT molecular complexity index is 499. The van der Waals surface area contributed by atoms with Crippen molar-refractivity contribution >= 4 is 0 Å². The minimum atomic E-state index is -0.700. The van der Waals surface area contributed by atoms with Crippen molar-refractivity contribution in [3.63, 3.8) is 0 Å². The van der Waals surface area contributed by atoms with Crippen LogP contribution >= 0.6 is 0 Å². The van der Waals surface area contributed by atoms with Crippen molar-refractivity contribution in [1.29, 1.82) is 0 Å². The molecule has 0 saturated carbocycles. The van der Waals surface area contributed by atoms with Crippen molar-refractivity contribution in [2.75, 3.05) is 6.54 Å². The lowest BCUT2D eigenvalue weighted by Crippen LogP contribution is -2.04. The Labute approximate surface area is 90.0 Å². The van der Waals surface area contributed by atoms with Crippen LogP contribution in [0.1, 0.15) is 5.69 Å². The van der Waals surface area contributed by atoms with E-state index in [-0.39, 0.29) is 11.3 Å². The molecule has 0 bridgehead atoms. The summed E-state index contributed by atoms with van der Waals surface area (Å²) < 4.78 is 30.7. The minimum absolute atomic E-state index is 0.158. The van der Waals surface area contributed by atoms with Crippen LogP contribution in [0.5, 0.6) is 0 Å². The van der Waals surface area contributed by atoms with Gasteiger partial charge < -0.3 is 5.73 Å². The molecule has 1 aromatic heterocycles. The Morgan fingerprint density at radius 1 is 1.25 bits per heavy atom. The molecule has 16 heavy (non-hydrogen) atoms. The van der Waals surface area contributed by atoms with Crippen LogP contribution in [0.2, 0.25) is 0 Å². The van der Waals surface area contributed by atoms with Crippen molar-refractivity contribution in [3.05, 3.63) is 35.5 Å². The lowest BCUT2D eigenvalue weighted by atomic mass is 10.1. The SMILES string of the molecule is NCCc1nonc1-c1ccc(F)cc1F. The van der Waals surface area contributed by atoms with E-state index in [9.17, 15) is 8.78 Å². The average Bonchev–Trinajstić information content (AvgIpc) is 2.67. The van der Waals surface area contributed by atoms with Gasteiger partial charge >= 0.3 is 0 Å². The number of nitrogens with zero attached hydrogens (tertiary/aromatic N) is 2. The molecule has 0 aliphatic heterocycles. The molecule has 0 aliphatic rings. The number of halogens is 2. The Morgan fingerprint density at radius 2 is 2.06 bits per heavy atom. The third kappa shape index (κ3) is 1.92. The summed E-state index contributed by atoms with van der Waals surface area (Å²) in [5, 5.41) is 7.21. The van der Waals surface area contributed by atoms with Gasteiger partial charge in [-0.15, -0.1) is 0 Å². The monoisotopic (exact) mass is 225 g/mol. The van der Waals surface area contributed by atoms with Crippen LogP contribution in [0.15, 0.2) is 22.8 Å². The van der Waals surface area contributed by atoms with E-state index in [0.717, 1.165) is 12.1 Å². The first-order chi connectivity index (χ1) is 7.72. The van der Waals surface area contributed by atoms with Crippen molar-refractivity contribution < 1.29 is 13.4 Å². The largest absolute Gasteiger partial charge is 0.330 e. The fraction of sp³-hybridized carbons (Fsp3) is 0.200. The maximum Gasteiger partial charge on any atom is 0.141 e. The van der Waals surface area contributed by atoms with Gasteiger partial charge in [-0.2, -0.15) is 0 Å². The molecule has 0 aliphatic carbocycles. The molecule has 0 saturated heterocycles. The van der Waals surface area contributed by atoms with Gasteiger partial charge in [0.1, 0.15) is 23.0 Å². The lowest BCUT2D eigenvalue weighted by Gasteiger charge is -2.00. The fourth-order valence-electron chi connectivity index (χ4n) is 1.39. The highest BCUT2D eigenvalue weighted by atomic mass is 19.1. The summed E-state index contributed by atoms with van der Waals surface area (Å²) in [6, 6.07) is 3.24. The quantitative estimate of drug-likeness (QED) is 0.860. The van der Waals surface area contributed by atoms with E-state index in [4.69, 9.17) is 5.73 Å². The molecular formula is C10H9F2N3O. The number of aromatic nitrogens is 2. The zero-order valence-electron chi connectivity index (χ0n) is 8.28. The van der Waals surface area contributed by atoms with Gasteiger partial charge in [0.2, 0.25) is 0 Å². The third-order valence-electron chi connectivity index (χ3n) is 2.12. The third-order valence-corrected chi connectivity index (χ3v) is 2.12. The summed E-state index contributed by atoms with van der Waals surface area (Å²) in [6.07, 6.45) is 0.426. The van der Waals surface area contributed by atoms with Gasteiger partial charge in [0.25, 0.3) is 0 Å². The van der Waals surface area contributed by atoms with Crippen LogP contribution in [0.3, 0.4) is 0 Å². The summed E-state index contributed by atoms with van der Waals surface area (Å²) in [6.45, 7) is 0.351. The standard InChI is InChI=1S/C10H9F2N3O/c11-6-1-2-7(8(12)5-6)10-9(3-4-13)14-16-15-10/h1-2,5H,3-4,13H2. The topological polar surface area (TPSA) is 64.9 Å². The normalized spacial score (nSPS) is 10.7. The van der Waals surface area contributed by atoms with E-state index in [1.807, 2.05) is 0 Å². The van der Waals surface area contributed by atoms with E-state index in [1.165, 1.54) is 6.07 Å². The highest BCUT2D eigenvalue weighted by molar-refractivity contribution is 5.61. The molecule has 2 rings (SSSR count). The zero-order valence-corrected chi connectivity index (χ0v) is 8.28.